The van der Waals surface area contributed by atoms with Crippen LogP contribution in [0, 0.1) is 13.8 Å². The number of aryl methyl sites for hydroxylation is 2. The van der Waals surface area contributed by atoms with Crippen LogP contribution in [0.4, 0.5) is 5.69 Å². The highest BCUT2D eigenvalue weighted by molar-refractivity contribution is 6.05. The van der Waals surface area contributed by atoms with Gasteiger partial charge in [0.2, 0.25) is 5.88 Å². The van der Waals surface area contributed by atoms with Gasteiger partial charge in [-0.05, 0) is 31.5 Å². The number of pyridine rings is 2. The van der Waals surface area contributed by atoms with E-state index in [1.807, 2.05) is 0 Å². The van der Waals surface area contributed by atoms with Crippen LogP contribution in [-0.2, 0) is 11.3 Å². The molecule has 0 bridgehead atoms. The maximum atomic E-state index is 12.9. The highest BCUT2D eigenvalue weighted by Gasteiger charge is 2.18. The van der Waals surface area contributed by atoms with Gasteiger partial charge in [0.15, 0.2) is 0 Å². The molecule has 1 N–H and O–H groups in total. The Kier molecular flexibility index (Phi) is 6.43. The first-order valence-electron chi connectivity index (χ1n) is 9.32. The minimum Gasteiger partial charge on any atom is -0.481 e. The zero-order valence-electron chi connectivity index (χ0n) is 16.5. The molecule has 1 aliphatic rings. The summed E-state index contributed by atoms with van der Waals surface area (Å²) in [7, 11) is 1.53. The molecule has 0 unspecified atom stereocenters. The number of aromatic nitrogens is 2. The third-order valence-corrected chi connectivity index (χ3v) is 4.88. The monoisotopic (exact) mass is 386 g/mol. The van der Waals surface area contributed by atoms with Crippen LogP contribution < -0.4 is 15.6 Å². The van der Waals surface area contributed by atoms with Crippen LogP contribution in [0.3, 0.4) is 0 Å². The number of hydrogen-bond acceptors (Lipinski definition) is 6. The number of methoxy groups -OCH3 is 1. The summed E-state index contributed by atoms with van der Waals surface area (Å²) in [5, 5.41) is 2.79. The predicted octanol–water partition coefficient (Wildman–Crippen LogP) is 1.45. The average Bonchev–Trinajstić information content (AvgIpc) is 2.69. The van der Waals surface area contributed by atoms with E-state index in [1.54, 1.807) is 42.8 Å². The second-order valence-corrected chi connectivity index (χ2v) is 6.77. The van der Waals surface area contributed by atoms with Gasteiger partial charge in [-0.3, -0.25) is 14.5 Å². The second kappa shape index (κ2) is 8.99. The lowest BCUT2D eigenvalue weighted by molar-refractivity contribution is 0.0363. The van der Waals surface area contributed by atoms with E-state index in [0.717, 1.165) is 19.6 Å². The van der Waals surface area contributed by atoms with E-state index in [2.05, 4.69) is 15.2 Å². The minimum atomic E-state index is -0.432. The Bertz CT molecular complexity index is 904. The highest BCUT2D eigenvalue weighted by Crippen LogP contribution is 2.18. The van der Waals surface area contributed by atoms with Crippen LogP contribution >= 0.6 is 0 Å². The summed E-state index contributed by atoms with van der Waals surface area (Å²) in [6.45, 7) is 7.96. The fourth-order valence-electron chi connectivity index (χ4n) is 3.16. The van der Waals surface area contributed by atoms with Gasteiger partial charge in [-0.15, -0.1) is 0 Å². The number of anilines is 1. The Hall–Kier alpha value is -2.71. The van der Waals surface area contributed by atoms with Crippen molar-refractivity contribution in [2.75, 3.05) is 45.3 Å². The SMILES string of the molecule is COc1ccc(NC(=O)c2c(C)ccn(CCN3CCOCC3)c2=O)c(C)n1. The third-order valence-electron chi connectivity index (χ3n) is 4.88. The molecule has 8 nitrogen and oxygen atoms in total. The summed E-state index contributed by atoms with van der Waals surface area (Å²) in [4.78, 5) is 32.2. The van der Waals surface area contributed by atoms with Crippen molar-refractivity contribution in [2.45, 2.75) is 20.4 Å². The van der Waals surface area contributed by atoms with Crippen molar-refractivity contribution in [3.8, 4) is 5.88 Å². The number of carbonyl (C=O) groups is 1. The Morgan fingerprint density at radius 1 is 1.21 bits per heavy atom. The van der Waals surface area contributed by atoms with Gasteiger partial charge in [0, 0.05) is 38.4 Å². The van der Waals surface area contributed by atoms with Crippen molar-refractivity contribution in [2.24, 2.45) is 0 Å². The van der Waals surface area contributed by atoms with E-state index >= 15 is 0 Å². The van der Waals surface area contributed by atoms with Crippen molar-refractivity contribution in [1.29, 1.82) is 0 Å². The van der Waals surface area contributed by atoms with Crippen LogP contribution in [0.5, 0.6) is 5.88 Å². The Morgan fingerprint density at radius 3 is 2.64 bits per heavy atom. The lowest BCUT2D eigenvalue weighted by Crippen LogP contribution is -2.40. The number of ether oxygens (including phenoxy) is 2. The molecule has 3 heterocycles. The Balaban J connectivity index is 1.77. The Labute approximate surface area is 164 Å². The lowest BCUT2D eigenvalue weighted by Gasteiger charge is -2.26. The molecule has 0 radical (unpaired) electrons. The summed E-state index contributed by atoms with van der Waals surface area (Å²) in [6.07, 6.45) is 1.75. The number of hydrogen-bond donors (Lipinski definition) is 1. The van der Waals surface area contributed by atoms with E-state index in [0.29, 0.717) is 42.6 Å². The van der Waals surface area contributed by atoms with Gasteiger partial charge < -0.3 is 19.4 Å². The number of morpholine rings is 1. The largest absolute Gasteiger partial charge is 0.481 e. The normalized spacial score (nSPS) is 14.7. The fourth-order valence-corrected chi connectivity index (χ4v) is 3.16. The molecule has 2 aromatic rings. The Morgan fingerprint density at radius 2 is 1.96 bits per heavy atom. The molecular weight excluding hydrogens is 360 g/mol. The topological polar surface area (TPSA) is 85.7 Å². The molecule has 0 aromatic carbocycles. The van der Waals surface area contributed by atoms with E-state index in [4.69, 9.17) is 9.47 Å². The number of rotatable bonds is 6. The van der Waals surface area contributed by atoms with E-state index < -0.39 is 5.91 Å². The maximum absolute atomic E-state index is 12.9. The summed E-state index contributed by atoms with van der Waals surface area (Å²) in [5.74, 6) is 0.0372. The molecule has 1 aliphatic heterocycles. The average molecular weight is 386 g/mol. The minimum absolute atomic E-state index is 0.152. The fraction of sp³-hybridized carbons (Fsp3) is 0.450. The van der Waals surface area contributed by atoms with Gasteiger partial charge in [0.05, 0.1) is 31.7 Å². The van der Waals surface area contributed by atoms with Gasteiger partial charge in [0.25, 0.3) is 11.5 Å². The van der Waals surface area contributed by atoms with E-state index in [9.17, 15) is 9.59 Å². The summed E-state index contributed by atoms with van der Waals surface area (Å²) in [5.41, 5.74) is 1.68. The zero-order chi connectivity index (χ0) is 20.1. The molecule has 0 saturated carbocycles. The van der Waals surface area contributed by atoms with Crippen molar-refractivity contribution in [3.05, 3.63) is 51.6 Å². The van der Waals surface area contributed by atoms with Gasteiger partial charge in [-0.1, -0.05) is 0 Å². The lowest BCUT2D eigenvalue weighted by atomic mass is 10.1. The molecule has 1 saturated heterocycles. The van der Waals surface area contributed by atoms with Crippen LogP contribution in [-0.4, -0.2) is 60.3 Å². The van der Waals surface area contributed by atoms with Gasteiger partial charge in [-0.25, -0.2) is 4.98 Å². The molecule has 3 rings (SSSR count). The number of nitrogens with one attached hydrogen (secondary N) is 1. The number of nitrogens with zero attached hydrogens (tertiary/aromatic N) is 3. The summed E-state index contributed by atoms with van der Waals surface area (Å²) >= 11 is 0. The molecule has 0 aliphatic carbocycles. The zero-order valence-corrected chi connectivity index (χ0v) is 16.5. The summed E-state index contributed by atoms with van der Waals surface area (Å²) < 4.78 is 12.0. The molecule has 1 fully saturated rings. The number of carbonyl (C=O) groups excluding carboxylic acids is 1. The van der Waals surface area contributed by atoms with Crippen molar-refractivity contribution < 1.29 is 14.3 Å². The highest BCUT2D eigenvalue weighted by atomic mass is 16.5. The van der Waals surface area contributed by atoms with Crippen LogP contribution in [0.15, 0.2) is 29.2 Å². The van der Waals surface area contributed by atoms with Gasteiger partial charge in [0.1, 0.15) is 5.56 Å². The standard InChI is InChI=1S/C20H26N4O4/c1-14-6-7-24(9-8-23-10-12-28-13-11-23)20(26)18(14)19(25)22-16-4-5-17(27-3)21-15(16)2/h4-7H,8-13H2,1-3H3,(H,22,25). The van der Waals surface area contributed by atoms with Crippen molar-refractivity contribution in [1.82, 2.24) is 14.5 Å². The molecule has 2 aromatic heterocycles. The molecule has 0 spiro atoms. The first-order chi connectivity index (χ1) is 13.5. The van der Waals surface area contributed by atoms with Crippen molar-refractivity contribution >= 4 is 11.6 Å². The molecule has 1 amide bonds. The van der Waals surface area contributed by atoms with Gasteiger partial charge in [-0.2, -0.15) is 0 Å². The number of amides is 1. The van der Waals surface area contributed by atoms with Crippen LogP contribution in [0.2, 0.25) is 0 Å². The predicted molar refractivity (Wildman–Crippen MR) is 106 cm³/mol. The van der Waals surface area contributed by atoms with Crippen LogP contribution in [0.25, 0.3) is 0 Å². The van der Waals surface area contributed by atoms with Crippen LogP contribution in [0.1, 0.15) is 21.6 Å². The van der Waals surface area contributed by atoms with Gasteiger partial charge >= 0.3 is 0 Å². The summed E-state index contributed by atoms with van der Waals surface area (Å²) in [6, 6.07) is 5.18. The van der Waals surface area contributed by atoms with Crippen molar-refractivity contribution in [3.63, 3.8) is 0 Å². The molecular formula is C20H26N4O4. The van der Waals surface area contributed by atoms with E-state index in [1.165, 1.54) is 7.11 Å². The maximum Gasteiger partial charge on any atom is 0.263 e. The second-order valence-electron chi connectivity index (χ2n) is 6.77. The molecule has 28 heavy (non-hydrogen) atoms. The third kappa shape index (κ3) is 4.58. The first kappa shape index (κ1) is 20.0. The van der Waals surface area contributed by atoms with E-state index in [-0.39, 0.29) is 11.1 Å². The smallest absolute Gasteiger partial charge is 0.263 e. The first-order valence-corrected chi connectivity index (χ1v) is 9.32. The molecule has 8 heteroatoms. The quantitative estimate of drug-likeness (QED) is 0.809. The molecule has 150 valence electrons. The molecule has 0 atom stereocenters.